The summed E-state index contributed by atoms with van der Waals surface area (Å²) in [4.78, 5) is 16.8. The molecule has 19 heavy (non-hydrogen) atoms. The van der Waals surface area contributed by atoms with Gasteiger partial charge in [0.2, 0.25) is 0 Å². The molecule has 3 rings (SSSR count). The second kappa shape index (κ2) is 4.82. The number of pyridine rings is 1. The summed E-state index contributed by atoms with van der Waals surface area (Å²) in [6, 6.07) is 16.3. The van der Waals surface area contributed by atoms with Gasteiger partial charge in [0.05, 0.1) is 5.52 Å². The normalized spacial score (nSPS) is 10.6. The molecule has 3 aromatic rings. The Kier molecular flexibility index (Phi) is 3.02. The van der Waals surface area contributed by atoms with Crippen molar-refractivity contribution >= 4 is 28.3 Å². The zero-order valence-corrected chi connectivity index (χ0v) is 10.8. The van der Waals surface area contributed by atoms with Gasteiger partial charge in [-0.25, -0.2) is 0 Å². The largest absolute Gasteiger partial charge is 0.289 e. The monoisotopic (exact) mass is 267 g/mol. The molecule has 0 saturated heterocycles. The van der Waals surface area contributed by atoms with Gasteiger partial charge in [-0.05, 0) is 36.4 Å². The number of fused-ring (bicyclic) bond motifs is 1. The fourth-order valence-electron chi connectivity index (χ4n) is 2.04. The van der Waals surface area contributed by atoms with Gasteiger partial charge in [0.25, 0.3) is 0 Å². The number of nitrogens with zero attached hydrogens (tertiary/aromatic N) is 1. The molecule has 0 radical (unpaired) electrons. The molecule has 92 valence electrons. The van der Waals surface area contributed by atoms with Crippen LogP contribution in [0.5, 0.6) is 0 Å². The van der Waals surface area contributed by atoms with Crippen LogP contribution in [0, 0.1) is 0 Å². The lowest BCUT2D eigenvalue weighted by molar-refractivity contribution is 0.104. The Morgan fingerprint density at radius 3 is 2.47 bits per heavy atom. The van der Waals surface area contributed by atoms with E-state index in [0.717, 1.165) is 10.9 Å². The summed E-state index contributed by atoms with van der Waals surface area (Å²) in [7, 11) is 0. The highest BCUT2D eigenvalue weighted by atomic mass is 35.5. The Labute approximate surface area is 115 Å². The van der Waals surface area contributed by atoms with Crippen LogP contribution in [0.25, 0.3) is 10.9 Å². The standard InChI is InChI=1S/C16H10ClNO/c17-13-8-6-12(7-9-13)16(19)14-5-1-3-11-4-2-10-18-15(11)14/h1-10H. The number of rotatable bonds is 2. The second-order valence-corrected chi connectivity index (χ2v) is 4.65. The van der Waals surface area contributed by atoms with E-state index in [2.05, 4.69) is 4.98 Å². The number of benzene rings is 2. The summed E-state index contributed by atoms with van der Waals surface area (Å²) in [5.74, 6) is -0.0408. The van der Waals surface area contributed by atoms with Crippen LogP contribution >= 0.6 is 11.6 Å². The van der Waals surface area contributed by atoms with Gasteiger partial charge in [0.1, 0.15) is 0 Å². The number of ketones is 1. The third-order valence-electron chi connectivity index (χ3n) is 2.98. The van der Waals surface area contributed by atoms with Crippen molar-refractivity contribution in [1.82, 2.24) is 4.98 Å². The first-order valence-corrected chi connectivity index (χ1v) is 6.27. The number of hydrogen-bond acceptors (Lipinski definition) is 2. The van der Waals surface area contributed by atoms with Gasteiger partial charge >= 0.3 is 0 Å². The van der Waals surface area contributed by atoms with E-state index in [9.17, 15) is 4.79 Å². The lowest BCUT2D eigenvalue weighted by Crippen LogP contribution is -2.02. The smallest absolute Gasteiger partial charge is 0.195 e. The minimum Gasteiger partial charge on any atom is -0.289 e. The fourth-order valence-corrected chi connectivity index (χ4v) is 2.17. The van der Waals surface area contributed by atoms with Crippen LogP contribution in [0.4, 0.5) is 0 Å². The van der Waals surface area contributed by atoms with E-state index in [1.54, 1.807) is 36.5 Å². The molecule has 0 N–H and O–H groups in total. The molecule has 0 fully saturated rings. The number of para-hydroxylation sites is 1. The highest BCUT2D eigenvalue weighted by Gasteiger charge is 2.12. The lowest BCUT2D eigenvalue weighted by atomic mass is 10.0. The average Bonchev–Trinajstić information content (AvgIpc) is 2.47. The van der Waals surface area contributed by atoms with E-state index in [1.807, 2.05) is 24.3 Å². The molecule has 0 amide bonds. The summed E-state index contributed by atoms with van der Waals surface area (Å²) >= 11 is 5.83. The van der Waals surface area contributed by atoms with Crippen LogP contribution in [0.2, 0.25) is 5.02 Å². The molecule has 0 aliphatic rings. The summed E-state index contributed by atoms with van der Waals surface area (Å²) in [6.07, 6.45) is 1.70. The van der Waals surface area contributed by atoms with Crippen molar-refractivity contribution in [1.29, 1.82) is 0 Å². The Morgan fingerprint density at radius 1 is 0.947 bits per heavy atom. The highest BCUT2D eigenvalue weighted by Crippen LogP contribution is 2.20. The molecule has 2 nitrogen and oxygen atoms in total. The van der Waals surface area contributed by atoms with Gasteiger partial charge in [-0.2, -0.15) is 0 Å². The Hall–Kier alpha value is -2.19. The first kappa shape index (κ1) is 11.9. The molecular formula is C16H10ClNO. The number of halogens is 1. The van der Waals surface area contributed by atoms with Crippen molar-refractivity contribution in [3.8, 4) is 0 Å². The van der Waals surface area contributed by atoms with Gasteiger partial charge in [-0.15, -0.1) is 0 Å². The first-order chi connectivity index (χ1) is 9.25. The minimum absolute atomic E-state index is 0.0408. The molecule has 0 spiro atoms. The van der Waals surface area contributed by atoms with Gasteiger partial charge < -0.3 is 0 Å². The molecule has 3 heteroatoms. The highest BCUT2D eigenvalue weighted by molar-refractivity contribution is 6.30. The number of hydrogen-bond donors (Lipinski definition) is 0. The van der Waals surface area contributed by atoms with Crippen LogP contribution in [0.3, 0.4) is 0 Å². The quantitative estimate of drug-likeness (QED) is 0.654. The molecule has 0 aliphatic carbocycles. The molecule has 1 heterocycles. The predicted molar refractivity (Wildman–Crippen MR) is 76.6 cm³/mol. The van der Waals surface area contributed by atoms with Crippen molar-refractivity contribution in [2.24, 2.45) is 0 Å². The Balaban J connectivity index is 2.14. The maximum absolute atomic E-state index is 12.5. The van der Waals surface area contributed by atoms with Crippen LogP contribution < -0.4 is 0 Å². The summed E-state index contributed by atoms with van der Waals surface area (Å²) < 4.78 is 0. The third kappa shape index (κ3) is 2.23. The molecule has 0 bridgehead atoms. The van der Waals surface area contributed by atoms with Gasteiger partial charge in [0, 0.05) is 27.7 Å². The molecule has 0 atom stereocenters. The number of carbonyl (C=O) groups is 1. The molecule has 0 unspecified atom stereocenters. The average molecular weight is 268 g/mol. The summed E-state index contributed by atoms with van der Waals surface area (Å²) in [6.45, 7) is 0. The first-order valence-electron chi connectivity index (χ1n) is 5.90. The predicted octanol–water partition coefficient (Wildman–Crippen LogP) is 4.12. The topological polar surface area (TPSA) is 30.0 Å². The van der Waals surface area contributed by atoms with Crippen molar-refractivity contribution in [2.75, 3.05) is 0 Å². The Bertz CT molecular complexity index is 745. The SMILES string of the molecule is O=C(c1ccc(Cl)cc1)c1cccc2cccnc12. The third-order valence-corrected chi connectivity index (χ3v) is 3.24. The zero-order chi connectivity index (χ0) is 13.2. The minimum atomic E-state index is -0.0408. The van der Waals surface area contributed by atoms with E-state index in [-0.39, 0.29) is 5.78 Å². The van der Waals surface area contributed by atoms with E-state index >= 15 is 0 Å². The lowest BCUT2D eigenvalue weighted by Gasteiger charge is -2.05. The Morgan fingerprint density at radius 2 is 1.68 bits per heavy atom. The second-order valence-electron chi connectivity index (χ2n) is 4.22. The van der Waals surface area contributed by atoms with Gasteiger partial charge in [-0.3, -0.25) is 9.78 Å². The van der Waals surface area contributed by atoms with Crippen LogP contribution in [0.1, 0.15) is 15.9 Å². The van der Waals surface area contributed by atoms with Gasteiger partial charge in [0.15, 0.2) is 5.78 Å². The summed E-state index contributed by atoms with van der Waals surface area (Å²) in [5, 5.41) is 1.58. The maximum Gasteiger partial charge on any atom is 0.195 e. The van der Waals surface area contributed by atoms with E-state index in [4.69, 9.17) is 11.6 Å². The van der Waals surface area contributed by atoms with Crippen molar-refractivity contribution in [2.45, 2.75) is 0 Å². The molecule has 1 aromatic heterocycles. The number of carbonyl (C=O) groups excluding carboxylic acids is 1. The summed E-state index contributed by atoms with van der Waals surface area (Å²) in [5.41, 5.74) is 1.95. The van der Waals surface area contributed by atoms with Crippen LogP contribution in [0.15, 0.2) is 60.8 Å². The van der Waals surface area contributed by atoms with Crippen LogP contribution in [-0.2, 0) is 0 Å². The zero-order valence-electron chi connectivity index (χ0n) is 10.0. The van der Waals surface area contributed by atoms with Crippen molar-refractivity contribution < 1.29 is 4.79 Å². The van der Waals surface area contributed by atoms with Gasteiger partial charge in [-0.1, -0.05) is 29.8 Å². The molecule has 0 aliphatic heterocycles. The fraction of sp³-hybridized carbons (Fsp3) is 0. The maximum atomic E-state index is 12.5. The van der Waals surface area contributed by atoms with Crippen molar-refractivity contribution in [3.05, 3.63) is 76.9 Å². The molecule has 2 aromatic carbocycles. The van der Waals surface area contributed by atoms with E-state index in [1.165, 1.54) is 0 Å². The van der Waals surface area contributed by atoms with E-state index in [0.29, 0.717) is 16.1 Å². The van der Waals surface area contributed by atoms with E-state index < -0.39 is 0 Å². The molecular weight excluding hydrogens is 258 g/mol. The van der Waals surface area contributed by atoms with Crippen LogP contribution in [-0.4, -0.2) is 10.8 Å². The van der Waals surface area contributed by atoms with Crippen molar-refractivity contribution in [3.63, 3.8) is 0 Å². The molecule has 0 saturated carbocycles. The number of aromatic nitrogens is 1.